The van der Waals surface area contributed by atoms with Crippen LogP contribution in [0.4, 0.5) is 5.69 Å². The van der Waals surface area contributed by atoms with E-state index in [0.29, 0.717) is 24.6 Å². The van der Waals surface area contributed by atoms with Crippen LogP contribution in [0.15, 0.2) is 29.3 Å². The molecule has 1 saturated heterocycles. The van der Waals surface area contributed by atoms with Crippen LogP contribution in [0.1, 0.15) is 52.9 Å². The number of rotatable bonds is 11. The van der Waals surface area contributed by atoms with Crippen molar-refractivity contribution < 1.29 is 14.3 Å². The molecule has 1 aliphatic heterocycles. The summed E-state index contributed by atoms with van der Waals surface area (Å²) >= 11 is 1.42. The number of benzene rings is 1. The van der Waals surface area contributed by atoms with Crippen LogP contribution in [0, 0.1) is 0 Å². The summed E-state index contributed by atoms with van der Waals surface area (Å²) < 4.78 is 5.46. The number of nitrogens with zero attached hydrogens (tertiary/aromatic N) is 2. The van der Waals surface area contributed by atoms with E-state index in [2.05, 4.69) is 24.2 Å². The van der Waals surface area contributed by atoms with Crippen molar-refractivity contribution in [2.24, 2.45) is 4.99 Å². The van der Waals surface area contributed by atoms with Crippen LogP contribution in [0.3, 0.4) is 0 Å². The Morgan fingerprint density at radius 3 is 2.75 bits per heavy atom. The van der Waals surface area contributed by atoms with Gasteiger partial charge < -0.3 is 10.1 Å². The lowest BCUT2D eigenvalue weighted by molar-refractivity contribution is -0.128. The number of hydrogen-bond donors (Lipinski definition) is 1. The number of thioether (sulfide) groups is 1. The predicted molar refractivity (Wildman–Crippen MR) is 116 cm³/mol. The van der Waals surface area contributed by atoms with Gasteiger partial charge in [0.05, 0.1) is 6.61 Å². The second-order valence-electron chi connectivity index (χ2n) is 6.68. The zero-order valence-electron chi connectivity index (χ0n) is 17.1. The fourth-order valence-corrected chi connectivity index (χ4v) is 4.02. The monoisotopic (exact) mass is 405 g/mol. The summed E-state index contributed by atoms with van der Waals surface area (Å²) in [5, 5.41) is 3.23. The highest BCUT2D eigenvalue weighted by Gasteiger charge is 2.38. The first kappa shape index (κ1) is 22.3. The molecule has 2 rings (SSSR count). The van der Waals surface area contributed by atoms with Gasteiger partial charge >= 0.3 is 0 Å². The van der Waals surface area contributed by atoms with Gasteiger partial charge in [-0.3, -0.25) is 19.5 Å². The molecule has 28 heavy (non-hydrogen) atoms. The molecule has 0 saturated carbocycles. The number of hydrogen-bond acceptors (Lipinski definition) is 5. The molecular formula is C21H31N3O3S. The van der Waals surface area contributed by atoms with Crippen molar-refractivity contribution in [3.63, 3.8) is 0 Å². The second kappa shape index (κ2) is 11.7. The minimum absolute atomic E-state index is 0.00749. The number of aliphatic imine (C=N–C) groups is 1. The van der Waals surface area contributed by atoms with Crippen molar-refractivity contribution in [2.45, 2.75) is 58.1 Å². The largest absolute Gasteiger partial charge is 0.494 e. The van der Waals surface area contributed by atoms with Gasteiger partial charge in [0.15, 0.2) is 5.17 Å². The minimum Gasteiger partial charge on any atom is -0.494 e. The third kappa shape index (κ3) is 6.55. The SMILES string of the molecule is CCCCN=C1S[C@H](CC(=O)Nc2cccc(OCC)c2)C(=O)N1CCCC. The molecule has 154 valence electrons. The molecule has 0 aliphatic carbocycles. The third-order valence-corrected chi connectivity index (χ3v) is 5.53. The number of ether oxygens (including phenoxy) is 1. The number of unbranched alkanes of at least 4 members (excludes halogenated alkanes) is 2. The lowest BCUT2D eigenvalue weighted by Gasteiger charge is -2.16. The number of anilines is 1. The van der Waals surface area contributed by atoms with Crippen molar-refractivity contribution in [2.75, 3.05) is 25.0 Å². The maximum absolute atomic E-state index is 12.8. The Labute approximate surface area is 172 Å². The van der Waals surface area contributed by atoms with Gasteiger partial charge in [0.25, 0.3) is 0 Å². The van der Waals surface area contributed by atoms with Gasteiger partial charge in [-0.05, 0) is 31.9 Å². The highest BCUT2D eigenvalue weighted by molar-refractivity contribution is 8.15. The number of amides is 2. The summed E-state index contributed by atoms with van der Waals surface area (Å²) in [6.07, 6.45) is 4.15. The van der Waals surface area contributed by atoms with Crippen LogP contribution in [0.2, 0.25) is 0 Å². The molecule has 1 heterocycles. The molecule has 0 spiro atoms. The Balaban J connectivity index is 1.99. The molecule has 0 bridgehead atoms. The van der Waals surface area contributed by atoms with Gasteiger partial charge in [-0.25, -0.2) is 0 Å². The van der Waals surface area contributed by atoms with Crippen LogP contribution >= 0.6 is 11.8 Å². The van der Waals surface area contributed by atoms with Crippen molar-refractivity contribution >= 4 is 34.4 Å². The van der Waals surface area contributed by atoms with Gasteiger partial charge in [0.1, 0.15) is 11.0 Å². The number of carbonyl (C=O) groups is 2. The van der Waals surface area contributed by atoms with Gasteiger partial charge in [-0.15, -0.1) is 0 Å². The first-order chi connectivity index (χ1) is 13.6. The maximum Gasteiger partial charge on any atom is 0.242 e. The molecule has 0 radical (unpaired) electrons. The Kier molecular flexibility index (Phi) is 9.34. The smallest absolute Gasteiger partial charge is 0.242 e. The number of amidine groups is 1. The van der Waals surface area contributed by atoms with E-state index >= 15 is 0 Å². The van der Waals surface area contributed by atoms with Crippen LogP contribution in [-0.2, 0) is 9.59 Å². The van der Waals surface area contributed by atoms with Crippen LogP contribution < -0.4 is 10.1 Å². The zero-order chi connectivity index (χ0) is 20.4. The molecular weight excluding hydrogens is 374 g/mol. The summed E-state index contributed by atoms with van der Waals surface area (Å²) in [4.78, 5) is 31.7. The standard InChI is InChI=1S/C21H31N3O3S/c1-4-7-12-22-21-24(13-8-5-2)20(26)18(28-21)15-19(25)23-16-10-9-11-17(14-16)27-6-3/h9-11,14,18H,4-8,12-13,15H2,1-3H3,(H,23,25)/t18-/m1/s1. The summed E-state index contributed by atoms with van der Waals surface area (Å²) in [6, 6.07) is 7.28. The molecule has 1 aromatic rings. The number of carbonyl (C=O) groups excluding carboxylic acids is 2. The van der Waals surface area contributed by atoms with Crippen molar-refractivity contribution in [1.82, 2.24) is 4.90 Å². The molecule has 1 aromatic carbocycles. The highest BCUT2D eigenvalue weighted by Crippen LogP contribution is 2.30. The summed E-state index contributed by atoms with van der Waals surface area (Å²) in [5.41, 5.74) is 0.672. The van der Waals surface area contributed by atoms with Crippen LogP contribution in [-0.4, -0.2) is 46.8 Å². The van der Waals surface area contributed by atoms with Gasteiger partial charge in [-0.1, -0.05) is 44.5 Å². The average Bonchev–Trinajstić information content (AvgIpc) is 2.95. The first-order valence-corrected chi connectivity index (χ1v) is 11.0. The van der Waals surface area contributed by atoms with Crippen LogP contribution in [0.25, 0.3) is 0 Å². The Bertz CT molecular complexity index is 693. The van der Waals surface area contributed by atoms with Crippen molar-refractivity contribution in [1.29, 1.82) is 0 Å². The van der Waals surface area contributed by atoms with E-state index < -0.39 is 5.25 Å². The summed E-state index contributed by atoms with van der Waals surface area (Å²) in [5.74, 6) is 0.527. The molecule has 1 atom stereocenters. The topological polar surface area (TPSA) is 71.0 Å². The van der Waals surface area contributed by atoms with E-state index in [0.717, 1.165) is 37.4 Å². The van der Waals surface area contributed by atoms with Crippen molar-refractivity contribution in [3.05, 3.63) is 24.3 Å². The molecule has 0 aromatic heterocycles. The van der Waals surface area contributed by atoms with E-state index in [1.807, 2.05) is 25.1 Å². The molecule has 1 aliphatic rings. The fraction of sp³-hybridized carbons (Fsp3) is 0.571. The highest BCUT2D eigenvalue weighted by atomic mass is 32.2. The Morgan fingerprint density at radius 1 is 1.25 bits per heavy atom. The quantitative estimate of drug-likeness (QED) is 0.557. The lowest BCUT2D eigenvalue weighted by Crippen LogP contribution is -2.34. The number of nitrogens with one attached hydrogen (secondary N) is 1. The minimum atomic E-state index is -0.410. The third-order valence-electron chi connectivity index (χ3n) is 4.31. The Hall–Kier alpha value is -2.02. The maximum atomic E-state index is 12.8. The van der Waals surface area contributed by atoms with Crippen molar-refractivity contribution in [3.8, 4) is 5.75 Å². The van der Waals surface area contributed by atoms with E-state index in [1.54, 1.807) is 11.0 Å². The fourth-order valence-electron chi connectivity index (χ4n) is 2.83. The molecule has 6 nitrogen and oxygen atoms in total. The summed E-state index contributed by atoms with van der Waals surface area (Å²) in [7, 11) is 0. The Morgan fingerprint density at radius 2 is 2.04 bits per heavy atom. The van der Waals surface area contributed by atoms with E-state index in [-0.39, 0.29) is 18.2 Å². The van der Waals surface area contributed by atoms with Gasteiger partial charge in [0, 0.05) is 31.3 Å². The molecule has 7 heteroatoms. The lowest BCUT2D eigenvalue weighted by atomic mass is 10.2. The predicted octanol–water partition coefficient (Wildman–Crippen LogP) is 4.31. The first-order valence-electron chi connectivity index (χ1n) is 10.1. The van der Waals surface area contributed by atoms with Crippen LogP contribution in [0.5, 0.6) is 5.75 Å². The molecule has 1 N–H and O–H groups in total. The van der Waals surface area contributed by atoms with E-state index in [4.69, 9.17) is 4.74 Å². The van der Waals surface area contributed by atoms with E-state index in [9.17, 15) is 9.59 Å². The zero-order valence-corrected chi connectivity index (χ0v) is 17.9. The molecule has 0 unspecified atom stereocenters. The van der Waals surface area contributed by atoms with Gasteiger partial charge in [0.2, 0.25) is 11.8 Å². The van der Waals surface area contributed by atoms with Gasteiger partial charge in [-0.2, -0.15) is 0 Å². The summed E-state index contributed by atoms with van der Waals surface area (Å²) in [6.45, 7) is 8.09. The molecule has 2 amide bonds. The molecule has 1 fully saturated rings. The average molecular weight is 406 g/mol. The second-order valence-corrected chi connectivity index (χ2v) is 7.85. The normalized spacial score (nSPS) is 18.0. The van der Waals surface area contributed by atoms with E-state index in [1.165, 1.54) is 11.8 Å².